The van der Waals surface area contributed by atoms with Crippen molar-refractivity contribution in [3.05, 3.63) is 28.8 Å². The molecule has 0 saturated carbocycles. The first-order chi connectivity index (χ1) is 9.80. The number of nitrogens with zero attached hydrogens (tertiary/aromatic N) is 1. The molecule has 0 radical (unpaired) electrons. The number of alkyl halides is 3. The van der Waals surface area contributed by atoms with Crippen molar-refractivity contribution in [2.45, 2.75) is 30.4 Å². The first-order valence-electron chi connectivity index (χ1n) is 5.88. The predicted molar refractivity (Wildman–Crippen MR) is 69.3 cm³/mol. The molecule has 4 nitrogen and oxygen atoms in total. The van der Waals surface area contributed by atoms with Crippen molar-refractivity contribution < 1.29 is 27.8 Å². The number of hydrogen-bond donors (Lipinski definition) is 1. The first-order valence-corrected chi connectivity index (χ1v) is 6.70. The number of benzene rings is 1. The fourth-order valence-corrected chi connectivity index (χ4v) is 2.44. The van der Waals surface area contributed by atoms with E-state index in [1.54, 1.807) is 13.0 Å². The van der Waals surface area contributed by atoms with Gasteiger partial charge in [0.05, 0.1) is 31.3 Å². The lowest BCUT2D eigenvalue weighted by atomic mass is 10.0. The molecule has 114 valence electrons. The summed E-state index contributed by atoms with van der Waals surface area (Å²) in [6, 6.07) is 4.06. The highest BCUT2D eigenvalue weighted by Crippen LogP contribution is 2.40. The second-order valence-corrected chi connectivity index (χ2v) is 5.02. The molecule has 21 heavy (non-hydrogen) atoms. The number of esters is 1. The van der Waals surface area contributed by atoms with Gasteiger partial charge >= 0.3 is 11.5 Å². The Bertz CT molecular complexity index is 567. The molecule has 8 heteroatoms. The highest BCUT2D eigenvalue weighted by atomic mass is 32.2. The molecule has 0 aromatic heterocycles. The first kappa shape index (κ1) is 17.3. The van der Waals surface area contributed by atoms with Gasteiger partial charge in [-0.05, 0) is 41.9 Å². The maximum Gasteiger partial charge on any atom is 0.446 e. The van der Waals surface area contributed by atoms with E-state index in [2.05, 4.69) is 0 Å². The molecular formula is C13H12F3NO3S. The number of carbonyl (C=O) groups excluding carboxylic acids is 1. The van der Waals surface area contributed by atoms with Gasteiger partial charge in [0.15, 0.2) is 0 Å². The Kier molecular flexibility index (Phi) is 6.05. The Balaban J connectivity index is 3.25. The molecule has 0 amide bonds. The number of rotatable bonds is 5. The standard InChI is InChI=1S/C13H12F3NO3S/c1-2-20-12(19)5-9-3-8(6-17)4-11(10(9)7-18)21-13(14,15)16/h3-4,18H,2,5,7H2,1H3. The number of ether oxygens (including phenoxy) is 1. The summed E-state index contributed by atoms with van der Waals surface area (Å²) in [5, 5.41) is 18.2. The van der Waals surface area contributed by atoms with Gasteiger partial charge in [0, 0.05) is 4.90 Å². The Morgan fingerprint density at radius 2 is 2.14 bits per heavy atom. The number of halogens is 3. The fraction of sp³-hybridized carbons (Fsp3) is 0.385. The molecule has 1 aromatic carbocycles. The highest BCUT2D eigenvalue weighted by molar-refractivity contribution is 8.00. The largest absolute Gasteiger partial charge is 0.466 e. The van der Waals surface area contributed by atoms with Crippen LogP contribution in [0.15, 0.2) is 17.0 Å². The van der Waals surface area contributed by atoms with Gasteiger partial charge in [-0.1, -0.05) is 0 Å². The molecule has 0 aliphatic rings. The Morgan fingerprint density at radius 3 is 2.62 bits per heavy atom. The average molecular weight is 319 g/mol. The van der Waals surface area contributed by atoms with Crippen LogP contribution < -0.4 is 0 Å². The minimum absolute atomic E-state index is 0.0155. The zero-order valence-electron chi connectivity index (χ0n) is 11.0. The molecule has 0 spiro atoms. The zero-order valence-corrected chi connectivity index (χ0v) is 11.8. The number of nitriles is 1. The van der Waals surface area contributed by atoms with E-state index in [4.69, 9.17) is 10.00 Å². The summed E-state index contributed by atoms with van der Waals surface area (Å²) in [6.07, 6.45) is -0.301. The summed E-state index contributed by atoms with van der Waals surface area (Å²) >= 11 is -0.427. The number of aliphatic hydroxyl groups excluding tert-OH is 1. The number of aliphatic hydroxyl groups is 1. The second-order valence-electron chi connectivity index (χ2n) is 3.91. The Morgan fingerprint density at radius 1 is 1.48 bits per heavy atom. The smallest absolute Gasteiger partial charge is 0.446 e. The van der Waals surface area contributed by atoms with Crippen LogP contribution in [-0.4, -0.2) is 23.2 Å². The molecule has 0 heterocycles. The van der Waals surface area contributed by atoms with Gasteiger partial charge < -0.3 is 9.84 Å². The van der Waals surface area contributed by atoms with Gasteiger partial charge in [0.25, 0.3) is 0 Å². The van der Waals surface area contributed by atoms with Crippen molar-refractivity contribution in [2.24, 2.45) is 0 Å². The van der Waals surface area contributed by atoms with Crippen LogP contribution in [0.1, 0.15) is 23.6 Å². The fourth-order valence-electron chi connectivity index (χ4n) is 1.69. The van der Waals surface area contributed by atoms with Crippen LogP contribution in [0, 0.1) is 11.3 Å². The summed E-state index contributed by atoms with van der Waals surface area (Å²) in [5.41, 5.74) is -4.44. The number of thioether (sulfide) groups is 1. The van der Waals surface area contributed by atoms with Crippen molar-refractivity contribution in [1.82, 2.24) is 0 Å². The molecule has 0 aliphatic carbocycles. The van der Waals surface area contributed by atoms with Crippen molar-refractivity contribution in [3.8, 4) is 6.07 Å². The Labute approximate surface area is 123 Å². The number of carbonyl (C=O) groups is 1. The van der Waals surface area contributed by atoms with E-state index >= 15 is 0 Å². The Hall–Kier alpha value is -1.72. The molecule has 1 N–H and O–H groups in total. The van der Waals surface area contributed by atoms with Crippen LogP contribution in [0.3, 0.4) is 0 Å². The van der Waals surface area contributed by atoms with Crippen LogP contribution in [0.4, 0.5) is 13.2 Å². The lowest BCUT2D eigenvalue weighted by molar-refractivity contribution is -0.142. The average Bonchev–Trinajstić information content (AvgIpc) is 2.36. The van der Waals surface area contributed by atoms with Gasteiger partial charge in [0.1, 0.15) is 0 Å². The highest BCUT2D eigenvalue weighted by Gasteiger charge is 2.31. The van der Waals surface area contributed by atoms with E-state index in [0.717, 1.165) is 6.07 Å². The molecule has 0 atom stereocenters. The second kappa shape index (κ2) is 7.33. The van der Waals surface area contributed by atoms with Crippen LogP contribution in [-0.2, 0) is 22.6 Å². The van der Waals surface area contributed by atoms with Crippen molar-refractivity contribution >= 4 is 17.7 Å². The monoisotopic (exact) mass is 319 g/mol. The predicted octanol–water partition coefficient (Wildman–Crippen LogP) is 2.77. The quantitative estimate of drug-likeness (QED) is 0.667. The zero-order chi connectivity index (χ0) is 16.0. The summed E-state index contributed by atoms with van der Waals surface area (Å²) in [6.45, 7) is 1.07. The van der Waals surface area contributed by atoms with Crippen LogP contribution >= 0.6 is 11.8 Å². The summed E-state index contributed by atoms with van der Waals surface area (Å²) in [5.74, 6) is -0.634. The summed E-state index contributed by atoms with van der Waals surface area (Å²) in [7, 11) is 0. The van der Waals surface area contributed by atoms with Gasteiger partial charge in [-0.3, -0.25) is 4.79 Å². The third kappa shape index (κ3) is 5.28. The van der Waals surface area contributed by atoms with Gasteiger partial charge in [-0.15, -0.1) is 0 Å². The van der Waals surface area contributed by atoms with Crippen molar-refractivity contribution in [3.63, 3.8) is 0 Å². The number of hydrogen-bond acceptors (Lipinski definition) is 5. The van der Waals surface area contributed by atoms with Gasteiger partial charge in [-0.25, -0.2) is 0 Å². The molecule has 0 fully saturated rings. The SMILES string of the molecule is CCOC(=O)Cc1cc(C#N)cc(SC(F)(F)F)c1CO. The molecule has 1 rings (SSSR count). The van der Waals surface area contributed by atoms with E-state index in [0.29, 0.717) is 0 Å². The normalized spacial score (nSPS) is 11.0. The molecule has 1 aromatic rings. The maximum absolute atomic E-state index is 12.5. The lowest BCUT2D eigenvalue weighted by Gasteiger charge is -2.14. The van der Waals surface area contributed by atoms with Crippen molar-refractivity contribution in [2.75, 3.05) is 6.61 Å². The third-order valence-corrected chi connectivity index (χ3v) is 3.27. The molecule has 0 unspecified atom stereocenters. The van der Waals surface area contributed by atoms with Crippen LogP contribution in [0.25, 0.3) is 0 Å². The van der Waals surface area contributed by atoms with Crippen LogP contribution in [0.5, 0.6) is 0 Å². The molecule has 0 aliphatic heterocycles. The van der Waals surface area contributed by atoms with E-state index in [-0.39, 0.29) is 34.6 Å². The van der Waals surface area contributed by atoms with Gasteiger partial charge in [0.2, 0.25) is 0 Å². The van der Waals surface area contributed by atoms with Crippen molar-refractivity contribution in [1.29, 1.82) is 5.26 Å². The maximum atomic E-state index is 12.5. The third-order valence-electron chi connectivity index (χ3n) is 2.45. The van der Waals surface area contributed by atoms with E-state index in [9.17, 15) is 23.1 Å². The van der Waals surface area contributed by atoms with E-state index in [1.807, 2.05) is 0 Å². The molecule has 0 saturated heterocycles. The van der Waals surface area contributed by atoms with Gasteiger partial charge in [-0.2, -0.15) is 18.4 Å². The van der Waals surface area contributed by atoms with E-state index in [1.165, 1.54) is 6.07 Å². The minimum Gasteiger partial charge on any atom is -0.466 e. The van der Waals surface area contributed by atoms with E-state index < -0.39 is 29.8 Å². The topological polar surface area (TPSA) is 70.3 Å². The molecular weight excluding hydrogens is 307 g/mol. The molecule has 0 bridgehead atoms. The minimum atomic E-state index is -4.56. The summed E-state index contributed by atoms with van der Waals surface area (Å²) < 4.78 is 42.3. The van der Waals surface area contributed by atoms with Crippen LogP contribution in [0.2, 0.25) is 0 Å². The summed E-state index contributed by atoms with van der Waals surface area (Å²) in [4.78, 5) is 11.2. The lowest BCUT2D eigenvalue weighted by Crippen LogP contribution is -2.11.